The van der Waals surface area contributed by atoms with Crippen molar-refractivity contribution in [3.05, 3.63) is 35.4 Å². The van der Waals surface area contributed by atoms with Crippen LogP contribution < -0.4 is 0 Å². The number of rotatable bonds is 5. The van der Waals surface area contributed by atoms with Crippen molar-refractivity contribution in [2.45, 2.75) is 32.2 Å². The van der Waals surface area contributed by atoms with Gasteiger partial charge in [-0.15, -0.1) is 0 Å². The standard InChI is InChI=1S/C17H25NO4/c1-17(2)12-18(9-14(22-17)11-21-4)16(19)15-8-6-5-7-13(15)10-20-3/h5-8,14H,9-12H2,1-4H3/t14-/m0/s1. The molecule has 0 N–H and O–H groups in total. The van der Waals surface area contributed by atoms with Gasteiger partial charge in [0, 0.05) is 32.9 Å². The maximum absolute atomic E-state index is 12.9. The largest absolute Gasteiger partial charge is 0.382 e. The van der Waals surface area contributed by atoms with Gasteiger partial charge in [-0.1, -0.05) is 18.2 Å². The molecule has 0 aromatic heterocycles. The van der Waals surface area contributed by atoms with Gasteiger partial charge in [-0.05, 0) is 25.5 Å². The molecule has 1 aliphatic heterocycles. The number of morpholine rings is 1. The van der Waals surface area contributed by atoms with Crippen molar-refractivity contribution in [3.63, 3.8) is 0 Å². The molecule has 0 bridgehead atoms. The summed E-state index contributed by atoms with van der Waals surface area (Å²) < 4.78 is 16.3. The van der Waals surface area contributed by atoms with Crippen molar-refractivity contribution in [1.82, 2.24) is 4.90 Å². The van der Waals surface area contributed by atoms with Crippen molar-refractivity contribution < 1.29 is 19.0 Å². The highest BCUT2D eigenvalue weighted by atomic mass is 16.5. The Labute approximate surface area is 132 Å². The topological polar surface area (TPSA) is 48.0 Å². The number of hydrogen-bond acceptors (Lipinski definition) is 4. The third-order valence-electron chi connectivity index (χ3n) is 3.67. The fourth-order valence-electron chi connectivity index (χ4n) is 2.90. The summed E-state index contributed by atoms with van der Waals surface area (Å²) in [5, 5.41) is 0. The van der Waals surface area contributed by atoms with Crippen LogP contribution in [0.4, 0.5) is 0 Å². The summed E-state index contributed by atoms with van der Waals surface area (Å²) in [5.74, 6) is 0.0186. The predicted molar refractivity (Wildman–Crippen MR) is 83.9 cm³/mol. The van der Waals surface area contributed by atoms with Crippen molar-refractivity contribution in [3.8, 4) is 0 Å². The monoisotopic (exact) mass is 307 g/mol. The fraction of sp³-hybridized carbons (Fsp3) is 0.588. The van der Waals surface area contributed by atoms with Gasteiger partial charge in [0.2, 0.25) is 0 Å². The van der Waals surface area contributed by atoms with Crippen molar-refractivity contribution in [2.24, 2.45) is 0 Å². The summed E-state index contributed by atoms with van der Waals surface area (Å²) in [7, 11) is 3.28. The summed E-state index contributed by atoms with van der Waals surface area (Å²) in [4.78, 5) is 14.8. The average Bonchev–Trinajstić information content (AvgIpc) is 2.46. The molecule has 1 aromatic carbocycles. The highest BCUT2D eigenvalue weighted by Gasteiger charge is 2.36. The molecule has 1 amide bonds. The Hall–Kier alpha value is -1.43. The van der Waals surface area contributed by atoms with E-state index >= 15 is 0 Å². The first-order valence-electron chi connectivity index (χ1n) is 7.49. The van der Waals surface area contributed by atoms with Crippen LogP contribution in [0, 0.1) is 0 Å². The van der Waals surface area contributed by atoms with Crippen LogP contribution in [-0.2, 0) is 20.8 Å². The van der Waals surface area contributed by atoms with Crippen LogP contribution in [0.2, 0.25) is 0 Å². The Kier molecular flexibility index (Phi) is 5.56. The van der Waals surface area contributed by atoms with E-state index in [0.717, 1.165) is 5.56 Å². The van der Waals surface area contributed by atoms with E-state index in [-0.39, 0.29) is 17.6 Å². The molecular formula is C17H25NO4. The van der Waals surface area contributed by atoms with E-state index in [1.807, 2.05) is 43.0 Å². The Morgan fingerprint density at radius 2 is 2.05 bits per heavy atom. The molecule has 5 heteroatoms. The number of benzene rings is 1. The van der Waals surface area contributed by atoms with E-state index in [1.165, 1.54) is 0 Å². The minimum Gasteiger partial charge on any atom is -0.382 e. The second-order valence-electron chi connectivity index (χ2n) is 6.23. The first kappa shape index (κ1) is 16.9. The molecule has 1 aliphatic rings. The van der Waals surface area contributed by atoms with Gasteiger partial charge in [0.05, 0.1) is 24.9 Å². The molecule has 1 heterocycles. The van der Waals surface area contributed by atoms with Gasteiger partial charge in [-0.25, -0.2) is 0 Å². The van der Waals surface area contributed by atoms with E-state index in [1.54, 1.807) is 14.2 Å². The molecule has 0 aliphatic carbocycles. The van der Waals surface area contributed by atoms with Gasteiger partial charge in [0.15, 0.2) is 0 Å². The lowest BCUT2D eigenvalue weighted by atomic mass is 10.0. The normalized spacial score (nSPS) is 20.9. The van der Waals surface area contributed by atoms with E-state index in [2.05, 4.69) is 0 Å². The van der Waals surface area contributed by atoms with E-state index < -0.39 is 0 Å². The van der Waals surface area contributed by atoms with Crippen molar-refractivity contribution in [2.75, 3.05) is 33.9 Å². The Balaban J connectivity index is 2.21. The summed E-state index contributed by atoms with van der Waals surface area (Å²) in [6.45, 7) is 6.00. The lowest BCUT2D eigenvalue weighted by molar-refractivity contribution is -0.143. The van der Waals surface area contributed by atoms with Crippen LogP contribution in [-0.4, -0.2) is 56.4 Å². The third-order valence-corrected chi connectivity index (χ3v) is 3.67. The highest BCUT2D eigenvalue weighted by Crippen LogP contribution is 2.24. The molecule has 1 aromatic rings. The minimum atomic E-state index is -0.382. The number of carbonyl (C=O) groups excluding carboxylic acids is 1. The highest BCUT2D eigenvalue weighted by molar-refractivity contribution is 5.95. The Morgan fingerprint density at radius 3 is 2.73 bits per heavy atom. The summed E-state index contributed by atoms with van der Waals surface area (Å²) >= 11 is 0. The number of ether oxygens (including phenoxy) is 3. The van der Waals surface area contributed by atoms with Crippen LogP contribution in [0.3, 0.4) is 0 Å². The number of amides is 1. The molecule has 5 nitrogen and oxygen atoms in total. The molecule has 1 saturated heterocycles. The summed E-state index contributed by atoms with van der Waals surface area (Å²) in [6, 6.07) is 7.58. The molecule has 1 fully saturated rings. The number of nitrogens with zero attached hydrogens (tertiary/aromatic N) is 1. The number of methoxy groups -OCH3 is 2. The number of carbonyl (C=O) groups is 1. The molecule has 2 rings (SSSR count). The molecular weight excluding hydrogens is 282 g/mol. The van der Waals surface area contributed by atoms with Crippen LogP contribution in [0.5, 0.6) is 0 Å². The molecule has 22 heavy (non-hydrogen) atoms. The average molecular weight is 307 g/mol. The lowest BCUT2D eigenvalue weighted by Gasteiger charge is -2.42. The predicted octanol–water partition coefficient (Wildman–Crippen LogP) is 2.10. The summed E-state index contributed by atoms with van der Waals surface area (Å²) in [5.41, 5.74) is 1.22. The van der Waals surface area contributed by atoms with Crippen LogP contribution >= 0.6 is 0 Å². The number of hydrogen-bond donors (Lipinski definition) is 0. The third kappa shape index (κ3) is 4.06. The fourth-order valence-corrected chi connectivity index (χ4v) is 2.90. The van der Waals surface area contributed by atoms with Crippen molar-refractivity contribution in [1.29, 1.82) is 0 Å². The van der Waals surface area contributed by atoms with E-state index in [9.17, 15) is 4.79 Å². The molecule has 1 atom stereocenters. The van der Waals surface area contributed by atoms with Gasteiger partial charge in [0.25, 0.3) is 5.91 Å². The SMILES string of the molecule is COCc1ccccc1C(=O)N1C[C@@H](COC)OC(C)(C)C1. The zero-order valence-corrected chi connectivity index (χ0v) is 13.8. The van der Waals surface area contributed by atoms with Crippen LogP contribution in [0.25, 0.3) is 0 Å². The quantitative estimate of drug-likeness (QED) is 0.836. The van der Waals surface area contributed by atoms with Gasteiger partial charge in [0.1, 0.15) is 0 Å². The molecule has 0 spiro atoms. The van der Waals surface area contributed by atoms with Crippen LogP contribution in [0.15, 0.2) is 24.3 Å². The zero-order chi connectivity index (χ0) is 16.2. The minimum absolute atomic E-state index is 0.0186. The van der Waals surface area contributed by atoms with Crippen molar-refractivity contribution >= 4 is 5.91 Å². The van der Waals surface area contributed by atoms with Gasteiger partial charge in [-0.3, -0.25) is 4.79 Å². The van der Waals surface area contributed by atoms with E-state index in [4.69, 9.17) is 14.2 Å². The second kappa shape index (κ2) is 7.22. The lowest BCUT2D eigenvalue weighted by Crippen LogP contribution is -2.55. The molecule has 122 valence electrons. The first-order valence-corrected chi connectivity index (χ1v) is 7.49. The zero-order valence-electron chi connectivity index (χ0n) is 13.8. The van der Waals surface area contributed by atoms with Gasteiger partial charge >= 0.3 is 0 Å². The maximum atomic E-state index is 12.9. The Morgan fingerprint density at radius 1 is 1.32 bits per heavy atom. The Bertz CT molecular complexity index is 515. The van der Waals surface area contributed by atoms with Crippen LogP contribution in [0.1, 0.15) is 29.8 Å². The van der Waals surface area contributed by atoms with Gasteiger partial charge < -0.3 is 19.1 Å². The molecule has 0 saturated carbocycles. The molecule has 0 unspecified atom stereocenters. The molecule has 0 radical (unpaired) electrons. The summed E-state index contributed by atoms with van der Waals surface area (Å²) in [6.07, 6.45) is -0.104. The first-order chi connectivity index (χ1) is 10.5. The van der Waals surface area contributed by atoms with E-state index in [0.29, 0.717) is 31.9 Å². The smallest absolute Gasteiger partial charge is 0.254 e. The maximum Gasteiger partial charge on any atom is 0.254 e. The van der Waals surface area contributed by atoms with Gasteiger partial charge in [-0.2, -0.15) is 0 Å². The second-order valence-corrected chi connectivity index (χ2v) is 6.23.